The molecule has 0 bridgehead atoms. The first-order valence-electron chi connectivity index (χ1n) is 6.97. The van der Waals surface area contributed by atoms with Gasteiger partial charge in [0.05, 0.1) is 9.77 Å². The van der Waals surface area contributed by atoms with Crippen LogP contribution in [0, 0.1) is 6.92 Å². The van der Waals surface area contributed by atoms with Gasteiger partial charge in [0.2, 0.25) is 15.9 Å². The minimum Gasteiger partial charge on any atom is -0.420 e. The monoisotopic (exact) mass is 349 g/mol. The first-order chi connectivity index (χ1) is 11.0. The van der Waals surface area contributed by atoms with Crippen LogP contribution in [0.2, 0.25) is 0 Å². The van der Waals surface area contributed by atoms with Gasteiger partial charge in [-0.3, -0.25) is 0 Å². The molecule has 3 aromatic rings. The van der Waals surface area contributed by atoms with Crippen molar-refractivity contribution in [2.45, 2.75) is 18.2 Å². The number of nitrogens with zero attached hydrogens (tertiary/aromatic N) is 2. The molecule has 0 saturated heterocycles. The lowest BCUT2D eigenvalue weighted by Gasteiger charge is -2.05. The van der Waals surface area contributed by atoms with Crippen molar-refractivity contribution in [3.63, 3.8) is 0 Å². The Labute approximate surface area is 138 Å². The summed E-state index contributed by atoms with van der Waals surface area (Å²) in [4.78, 5) is 1.14. The van der Waals surface area contributed by atoms with E-state index in [9.17, 15) is 8.42 Å². The molecule has 1 aromatic carbocycles. The summed E-state index contributed by atoms with van der Waals surface area (Å²) in [7, 11) is -3.52. The number of benzene rings is 1. The lowest BCUT2D eigenvalue weighted by Crippen LogP contribution is -2.26. The molecule has 0 atom stereocenters. The zero-order valence-electron chi connectivity index (χ0n) is 12.4. The van der Waals surface area contributed by atoms with Gasteiger partial charge in [0, 0.05) is 13.0 Å². The third kappa shape index (κ3) is 3.84. The molecule has 0 amide bonds. The van der Waals surface area contributed by atoms with Crippen LogP contribution in [0.1, 0.15) is 11.5 Å². The Morgan fingerprint density at radius 2 is 1.96 bits per heavy atom. The number of sulfonamides is 1. The van der Waals surface area contributed by atoms with Crippen LogP contribution in [0.3, 0.4) is 0 Å². The van der Waals surface area contributed by atoms with Crippen molar-refractivity contribution in [3.8, 4) is 10.8 Å². The average molecular weight is 349 g/mol. The number of hydrogen-bond donors (Lipinski definition) is 1. The zero-order chi connectivity index (χ0) is 16.3. The summed E-state index contributed by atoms with van der Waals surface area (Å²) in [5.74, 6) is 0.858. The summed E-state index contributed by atoms with van der Waals surface area (Å²) in [6, 6.07) is 10.5. The van der Waals surface area contributed by atoms with Crippen molar-refractivity contribution < 1.29 is 12.8 Å². The van der Waals surface area contributed by atoms with Crippen LogP contribution >= 0.6 is 11.3 Å². The Hall–Kier alpha value is -2.03. The summed E-state index contributed by atoms with van der Waals surface area (Å²) >= 11 is 1.51. The van der Waals surface area contributed by atoms with Crippen LogP contribution in [0.15, 0.2) is 51.1 Å². The van der Waals surface area contributed by atoms with Crippen molar-refractivity contribution in [2.75, 3.05) is 6.54 Å². The minimum absolute atomic E-state index is 0.197. The van der Waals surface area contributed by atoms with E-state index >= 15 is 0 Å². The van der Waals surface area contributed by atoms with Gasteiger partial charge in [-0.2, -0.15) is 0 Å². The molecule has 0 saturated carbocycles. The SMILES string of the molecule is Cc1ccc(S(=O)(=O)NCCc2nnc(-c3cccs3)o2)cc1. The number of aryl methyl sites for hydroxylation is 1. The molecule has 1 N–H and O–H groups in total. The number of nitrogens with one attached hydrogen (secondary N) is 1. The van der Waals surface area contributed by atoms with E-state index in [0.717, 1.165) is 10.4 Å². The Bertz CT molecular complexity index is 869. The van der Waals surface area contributed by atoms with Gasteiger partial charge in [-0.25, -0.2) is 13.1 Å². The molecule has 23 heavy (non-hydrogen) atoms. The Balaban J connectivity index is 1.60. The molecule has 2 aromatic heterocycles. The number of hydrogen-bond acceptors (Lipinski definition) is 6. The molecule has 0 aliphatic heterocycles. The van der Waals surface area contributed by atoms with Crippen LogP contribution in [0.5, 0.6) is 0 Å². The fourth-order valence-corrected chi connectivity index (χ4v) is 3.62. The molecule has 6 nitrogen and oxygen atoms in total. The third-order valence-electron chi connectivity index (χ3n) is 3.16. The molecule has 8 heteroatoms. The van der Waals surface area contributed by atoms with E-state index < -0.39 is 10.0 Å². The second-order valence-corrected chi connectivity index (χ2v) is 7.65. The molecule has 0 fully saturated rings. The summed E-state index contributed by atoms with van der Waals surface area (Å²) in [6.45, 7) is 2.10. The highest BCUT2D eigenvalue weighted by molar-refractivity contribution is 7.89. The topological polar surface area (TPSA) is 85.1 Å². The minimum atomic E-state index is -3.52. The van der Waals surface area contributed by atoms with E-state index in [2.05, 4.69) is 14.9 Å². The quantitative estimate of drug-likeness (QED) is 0.739. The molecule has 0 aliphatic carbocycles. The molecule has 2 heterocycles. The summed E-state index contributed by atoms with van der Waals surface area (Å²) < 4.78 is 32.4. The predicted molar refractivity (Wildman–Crippen MR) is 87.7 cm³/mol. The van der Waals surface area contributed by atoms with Gasteiger partial charge >= 0.3 is 0 Å². The second-order valence-electron chi connectivity index (χ2n) is 4.94. The Morgan fingerprint density at radius 1 is 1.17 bits per heavy atom. The largest absolute Gasteiger partial charge is 0.420 e. The summed E-state index contributed by atoms with van der Waals surface area (Å²) in [6.07, 6.45) is 0.337. The average Bonchev–Trinajstić information content (AvgIpc) is 3.18. The van der Waals surface area contributed by atoms with E-state index in [-0.39, 0.29) is 11.4 Å². The zero-order valence-corrected chi connectivity index (χ0v) is 14.0. The van der Waals surface area contributed by atoms with Crippen molar-refractivity contribution in [2.24, 2.45) is 0 Å². The lowest BCUT2D eigenvalue weighted by molar-refractivity contribution is 0.503. The van der Waals surface area contributed by atoms with E-state index in [1.54, 1.807) is 24.3 Å². The first kappa shape index (κ1) is 15.9. The normalized spacial score (nSPS) is 11.7. The molecule has 3 rings (SSSR count). The van der Waals surface area contributed by atoms with Crippen LogP contribution in [0.4, 0.5) is 0 Å². The number of rotatable bonds is 6. The van der Waals surface area contributed by atoms with E-state index in [1.807, 2.05) is 24.4 Å². The highest BCUT2D eigenvalue weighted by atomic mass is 32.2. The summed E-state index contributed by atoms with van der Waals surface area (Å²) in [5, 5.41) is 9.81. The predicted octanol–water partition coefficient (Wildman–Crippen LogP) is 2.63. The standard InChI is InChI=1S/C15H15N3O3S2/c1-11-4-6-12(7-5-11)23(19,20)16-9-8-14-17-18-15(21-14)13-3-2-10-22-13/h2-7,10,16H,8-9H2,1H3. The third-order valence-corrected chi connectivity index (χ3v) is 5.50. The number of aromatic nitrogens is 2. The fraction of sp³-hybridized carbons (Fsp3) is 0.200. The molecule has 0 spiro atoms. The van der Waals surface area contributed by atoms with Crippen LogP contribution in [-0.2, 0) is 16.4 Å². The highest BCUT2D eigenvalue weighted by Gasteiger charge is 2.14. The van der Waals surface area contributed by atoms with Crippen molar-refractivity contribution in [3.05, 3.63) is 53.2 Å². The smallest absolute Gasteiger partial charge is 0.257 e. The number of thiophene rings is 1. The van der Waals surface area contributed by atoms with E-state index in [0.29, 0.717) is 18.2 Å². The summed E-state index contributed by atoms with van der Waals surface area (Å²) in [5.41, 5.74) is 1.01. The van der Waals surface area contributed by atoms with Gasteiger partial charge in [0.15, 0.2) is 0 Å². The maximum absolute atomic E-state index is 12.1. The molecule has 120 valence electrons. The molecular weight excluding hydrogens is 334 g/mol. The van der Waals surface area contributed by atoms with Crippen molar-refractivity contribution in [1.29, 1.82) is 0 Å². The maximum atomic E-state index is 12.1. The second kappa shape index (κ2) is 6.61. The van der Waals surface area contributed by atoms with Gasteiger partial charge < -0.3 is 4.42 Å². The Morgan fingerprint density at radius 3 is 2.65 bits per heavy atom. The van der Waals surface area contributed by atoms with E-state index in [1.165, 1.54) is 11.3 Å². The van der Waals surface area contributed by atoms with Crippen LogP contribution in [-0.4, -0.2) is 25.2 Å². The van der Waals surface area contributed by atoms with Crippen LogP contribution < -0.4 is 4.72 Å². The highest BCUT2D eigenvalue weighted by Crippen LogP contribution is 2.22. The molecule has 0 aliphatic rings. The Kier molecular flexibility index (Phi) is 4.56. The van der Waals surface area contributed by atoms with Gasteiger partial charge in [-0.05, 0) is 30.5 Å². The maximum Gasteiger partial charge on any atom is 0.257 e. The van der Waals surface area contributed by atoms with Crippen LogP contribution in [0.25, 0.3) is 10.8 Å². The lowest BCUT2D eigenvalue weighted by atomic mass is 10.2. The fourth-order valence-electron chi connectivity index (χ4n) is 1.95. The molecule has 0 unspecified atom stereocenters. The van der Waals surface area contributed by atoms with Gasteiger partial charge in [-0.15, -0.1) is 21.5 Å². The van der Waals surface area contributed by atoms with Gasteiger partial charge in [0.25, 0.3) is 5.89 Å². The van der Waals surface area contributed by atoms with Gasteiger partial charge in [0.1, 0.15) is 0 Å². The van der Waals surface area contributed by atoms with Gasteiger partial charge in [-0.1, -0.05) is 23.8 Å². The molecular formula is C15H15N3O3S2. The van der Waals surface area contributed by atoms with Crippen molar-refractivity contribution in [1.82, 2.24) is 14.9 Å². The van der Waals surface area contributed by atoms with Crippen molar-refractivity contribution >= 4 is 21.4 Å². The molecule has 0 radical (unpaired) electrons. The first-order valence-corrected chi connectivity index (χ1v) is 9.33. The van der Waals surface area contributed by atoms with E-state index in [4.69, 9.17) is 4.42 Å².